The number of hydrogen-bond donors (Lipinski definition) is 2. The first-order valence-electron chi connectivity index (χ1n) is 8.03. The average Bonchev–Trinajstić information content (AvgIpc) is 3.28. The van der Waals surface area contributed by atoms with E-state index in [1.807, 2.05) is 6.07 Å². The van der Waals surface area contributed by atoms with Crippen LogP contribution in [0, 0.1) is 11.3 Å². The number of aliphatic imine (C=N–C) groups is 1. The van der Waals surface area contributed by atoms with E-state index < -0.39 is 16.0 Å². The van der Waals surface area contributed by atoms with E-state index in [2.05, 4.69) is 9.71 Å². The Hall–Kier alpha value is -3.32. The molecular weight excluding hydrogens is 370 g/mol. The molecule has 2 heterocycles. The number of ether oxygens (including phenoxy) is 1. The van der Waals surface area contributed by atoms with Crippen molar-refractivity contribution in [2.75, 3.05) is 19.4 Å². The van der Waals surface area contributed by atoms with Crippen LogP contribution in [0.1, 0.15) is 28.9 Å². The Bertz CT molecular complexity index is 1080. The lowest BCUT2D eigenvalue weighted by atomic mass is 10.2. The third-order valence-corrected chi connectivity index (χ3v) is 5.46. The molecule has 10 heteroatoms. The lowest BCUT2D eigenvalue weighted by Gasteiger charge is -2.11. The fourth-order valence-electron chi connectivity index (χ4n) is 2.76. The molecule has 0 fully saturated rings. The number of nitrogen functional groups attached to an aromatic ring is 1. The highest BCUT2D eigenvalue weighted by Gasteiger charge is 2.23. The number of rotatable bonds is 4. The van der Waals surface area contributed by atoms with Gasteiger partial charge in [-0.25, -0.2) is 13.2 Å². The molecule has 1 aliphatic heterocycles. The molecule has 3 rings (SSSR count). The molecule has 0 saturated heterocycles. The zero-order valence-electron chi connectivity index (χ0n) is 14.5. The molecule has 0 atom stereocenters. The Balaban J connectivity index is 2.06. The predicted octanol–water partition coefficient (Wildman–Crippen LogP) is 1.19. The SMILES string of the molecule is COC(=O)c1c(N)c(C#N)cn1-c1cccc(S(=O)(=O)NC2=NCCC2)c1. The number of benzene rings is 1. The number of amidine groups is 1. The zero-order chi connectivity index (χ0) is 19.6. The Labute approximate surface area is 156 Å². The van der Waals surface area contributed by atoms with E-state index in [0.29, 0.717) is 24.5 Å². The van der Waals surface area contributed by atoms with Gasteiger partial charge in [-0.1, -0.05) is 6.07 Å². The molecule has 0 radical (unpaired) electrons. The van der Waals surface area contributed by atoms with E-state index in [-0.39, 0.29) is 21.8 Å². The van der Waals surface area contributed by atoms with Crippen molar-refractivity contribution in [3.63, 3.8) is 0 Å². The number of nitrogens with zero attached hydrogens (tertiary/aromatic N) is 3. The minimum absolute atomic E-state index is 0.00352. The van der Waals surface area contributed by atoms with Gasteiger partial charge < -0.3 is 15.0 Å². The number of methoxy groups -OCH3 is 1. The highest BCUT2D eigenvalue weighted by molar-refractivity contribution is 7.90. The molecule has 3 N–H and O–H groups in total. The van der Waals surface area contributed by atoms with Crippen molar-refractivity contribution in [2.45, 2.75) is 17.7 Å². The number of sulfonamides is 1. The number of carbonyl (C=O) groups is 1. The van der Waals surface area contributed by atoms with E-state index in [4.69, 9.17) is 10.5 Å². The standard InChI is InChI=1S/C17H17N5O4S/c1-26-17(23)16-15(19)11(9-18)10-22(16)12-4-2-5-13(8-12)27(24,25)21-14-6-3-7-20-14/h2,4-5,8,10H,3,6-7,19H2,1H3,(H,20,21). The molecule has 140 valence electrons. The second-order valence-electron chi connectivity index (χ2n) is 5.81. The van der Waals surface area contributed by atoms with Crippen molar-refractivity contribution in [3.05, 3.63) is 41.7 Å². The largest absolute Gasteiger partial charge is 0.464 e. The fourth-order valence-corrected chi connectivity index (χ4v) is 3.88. The molecule has 0 saturated carbocycles. The summed E-state index contributed by atoms with van der Waals surface area (Å²) in [4.78, 5) is 16.2. The number of hydrogen-bond acceptors (Lipinski definition) is 7. The summed E-state index contributed by atoms with van der Waals surface area (Å²) in [6.45, 7) is 0.597. The molecule has 27 heavy (non-hydrogen) atoms. The third kappa shape index (κ3) is 3.50. The van der Waals surface area contributed by atoms with Crippen molar-refractivity contribution < 1.29 is 17.9 Å². The van der Waals surface area contributed by atoms with Gasteiger partial charge in [0.25, 0.3) is 10.0 Å². The lowest BCUT2D eigenvalue weighted by molar-refractivity contribution is 0.0593. The third-order valence-electron chi connectivity index (χ3n) is 4.08. The normalized spacial score (nSPS) is 13.7. The molecule has 9 nitrogen and oxygen atoms in total. The van der Waals surface area contributed by atoms with Crippen LogP contribution in [-0.2, 0) is 14.8 Å². The Morgan fingerprint density at radius 3 is 2.85 bits per heavy atom. The molecule has 1 aromatic heterocycles. The lowest BCUT2D eigenvalue weighted by Crippen LogP contribution is -2.29. The highest BCUT2D eigenvalue weighted by Crippen LogP contribution is 2.26. The van der Waals surface area contributed by atoms with Crippen LogP contribution in [-0.4, -0.2) is 38.4 Å². The number of nitrogens with two attached hydrogens (primary N) is 1. The quantitative estimate of drug-likeness (QED) is 0.755. The summed E-state index contributed by atoms with van der Waals surface area (Å²) in [5.74, 6) is -0.312. The first-order chi connectivity index (χ1) is 12.9. The molecule has 0 aliphatic carbocycles. The van der Waals surface area contributed by atoms with Gasteiger partial charge in [0.05, 0.1) is 23.3 Å². The molecule has 2 aromatic rings. The summed E-state index contributed by atoms with van der Waals surface area (Å²) in [6.07, 6.45) is 2.74. The summed E-state index contributed by atoms with van der Waals surface area (Å²) in [5.41, 5.74) is 6.23. The van der Waals surface area contributed by atoms with E-state index in [9.17, 15) is 18.5 Å². The Kier molecular flexibility index (Phi) is 4.87. The van der Waals surface area contributed by atoms with Gasteiger partial charge >= 0.3 is 5.97 Å². The van der Waals surface area contributed by atoms with Gasteiger partial charge in [-0.15, -0.1) is 0 Å². The number of carbonyl (C=O) groups excluding carboxylic acids is 1. The maximum Gasteiger partial charge on any atom is 0.357 e. The van der Waals surface area contributed by atoms with Crippen LogP contribution in [0.2, 0.25) is 0 Å². The summed E-state index contributed by atoms with van der Waals surface area (Å²) < 4.78 is 33.7. The van der Waals surface area contributed by atoms with Crippen molar-refractivity contribution in [3.8, 4) is 11.8 Å². The molecule has 0 spiro atoms. The first kappa shape index (κ1) is 18.5. The van der Waals surface area contributed by atoms with Crippen LogP contribution in [0.25, 0.3) is 5.69 Å². The Morgan fingerprint density at radius 2 is 2.22 bits per heavy atom. The monoisotopic (exact) mass is 387 g/mol. The second kappa shape index (κ2) is 7.13. The second-order valence-corrected chi connectivity index (χ2v) is 7.50. The molecule has 0 bridgehead atoms. The van der Waals surface area contributed by atoms with Crippen LogP contribution >= 0.6 is 0 Å². The van der Waals surface area contributed by atoms with Gasteiger partial charge in [-0.3, -0.25) is 9.71 Å². The molecule has 0 unspecified atom stereocenters. The van der Waals surface area contributed by atoms with Gasteiger partial charge in [0.2, 0.25) is 0 Å². The van der Waals surface area contributed by atoms with Crippen LogP contribution in [0.15, 0.2) is 40.4 Å². The molecule has 1 aromatic carbocycles. The molecule has 0 amide bonds. The van der Waals surface area contributed by atoms with Crippen LogP contribution in [0.5, 0.6) is 0 Å². The molecule has 1 aliphatic rings. The molecular formula is C17H17N5O4S. The van der Waals surface area contributed by atoms with Crippen molar-refractivity contribution in [2.24, 2.45) is 4.99 Å². The predicted molar refractivity (Wildman–Crippen MR) is 98.1 cm³/mol. The number of aromatic nitrogens is 1. The summed E-state index contributed by atoms with van der Waals surface area (Å²) in [7, 11) is -2.64. The minimum Gasteiger partial charge on any atom is -0.464 e. The fraction of sp³-hybridized carbons (Fsp3) is 0.235. The number of esters is 1. The maximum absolute atomic E-state index is 12.6. The van der Waals surface area contributed by atoms with Gasteiger partial charge in [0.1, 0.15) is 11.9 Å². The number of anilines is 1. The van der Waals surface area contributed by atoms with Crippen LogP contribution in [0.4, 0.5) is 5.69 Å². The highest BCUT2D eigenvalue weighted by atomic mass is 32.2. The topological polar surface area (TPSA) is 140 Å². The minimum atomic E-state index is -3.83. The van der Waals surface area contributed by atoms with E-state index in [0.717, 1.165) is 6.42 Å². The van der Waals surface area contributed by atoms with Gasteiger partial charge in [0.15, 0.2) is 5.69 Å². The van der Waals surface area contributed by atoms with E-state index >= 15 is 0 Å². The zero-order valence-corrected chi connectivity index (χ0v) is 15.3. The van der Waals surface area contributed by atoms with Crippen molar-refractivity contribution in [1.29, 1.82) is 5.26 Å². The van der Waals surface area contributed by atoms with E-state index in [1.165, 1.54) is 36.1 Å². The smallest absolute Gasteiger partial charge is 0.357 e. The number of nitriles is 1. The van der Waals surface area contributed by atoms with Crippen molar-refractivity contribution in [1.82, 2.24) is 9.29 Å². The average molecular weight is 387 g/mol. The first-order valence-corrected chi connectivity index (χ1v) is 9.51. The Morgan fingerprint density at radius 1 is 1.44 bits per heavy atom. The van der Waals surface area contributed by atoms with Gasteiger partial charge in [0, 0.05) is 24.8 Å². The van der Waals surface area contributed by atoms with E-state index in [1.54, 1.807) is 6.07 Å². The van der Waals surface area contributed by atoms with Crippen LogP contribution in [0.3, 0.4) is 0 Å². The van der Waals surface area contributed by atoms with Crippen molar-refractivity contribution >= 4 is 27.5 Å². The summed E-state index contributed by atoms with van der Waals surface area (Å²) in [6, 6.07) is 7.83. The number of nitrogens with one attached hydrogen (secondary N) is 1. The summed E-state index contributed by atoms with van der Waals surface area (Å²) in [5, 5.41) is 9.19. The maximum atomic E-state index is 12.6. The summed E-state index contributed by atoms with van der Waals surface area (Å²) >= 11 is 0. The van der Waals surface area contributed by atoms with Crippen LogP contribution < -0.4 is 10.5 Å². The van der Waals surface area contributed by atoms with Gasteiger partial charge in [-0.05, 0) is 24.6 Å². The van der Waals surface area contributed by atoms with Gasteiger partial charge in [-0.2, -0.15) is 5.26 Å².